The highest BCUT2D eigenvalue weighted by Gasteiger charge is 2.18. The lowest BCUT2D eigenvalue weighted by molar-refractivity contribution is 1.13. The average molecular weight is 750 g/mol. The molecule has 0 spiro atoms. The molecule has 0 fully saturated rings. The Kier molecular flexibility index (Phi) is 8.56. The van der Waals surface area contributed by atoms with Gasteiger partial charge in [0, 0.05) is 22.8 Å². The summed E-state index contributed by atoms with van der Waals surface area (Å²) in [5.74, 6) is 0. The zero-order valence-electron chi connectivity index (χ0n) is 32.5. The SMILES string of the molecule is c1ccc(-c2ccc(-c3cc(-c4ccc(-c5ccccc5)cc4)cc(-n4cc(-c5cccc6ccccc56)c5cc(-c6cccc7ccccc67)ccc54)c3)cc2)cc1. The highest BCUT2D eigenvalue weighted by molar-refractivity contribution is 6.08. The van der Waals surface area contributed by atoms with Gasteiger partial charge in [-0.2, -0.15) is 0 Å². The highest BCUT2D eigenvalue weighted by atomic mass is 15.0. The lowest BCUT2D eigenvalue weighted by atomic mass is 9.94. The van der Waals surface area contributed by atoms with Crippen LogP contribution in [0.25, 0.3) is 105 Å². The molecule has 10 aromatic carbocycles. The lowest BCUT2D eigenvalue weighted by Gasteiger charge is -2.14. The quantitative estimate of drug-likeness (QED) is 0.153. The molecular weight excluding hydrogens is 711 g/mol. The Morgan fingerprint density at radius 2 is 0.661 bits per heavy atom. The van der Waals surface area contributed by atoms with E-state index in [1.54, 1.807) is 0 Å². The van der Waals surface area contributed by atoms with Gasteiger partial charge in [-0.15, -0.1) is 0 Å². The Balaban J connectivity index is 1.12. The van der Waals surface area contributed by atoms with Crippen molar-refractivity contribution < 1.29 is 0 Å². The third-order valence-electron chi connectivity index (χ3n) is 11.8. The van der Waals surface area contributed by atoms with Crippen LogP contribution in [0.15, 0.2) is 237 Å². The fourth-order valence-electron chi connectivity index (χ4n) is 8.82. The maximum absolute atomic E-state index is 2.41. The summed E-state index contributed by atoms with van der Waals surface area (Å²) in [6.45, 7) is 0. The number of hydrogen-bond donors (Lipinski definition) is 0. The minimum Gasteiger partial charge on any atom is -0.316 e. The smallest absolute Gasteiger partial charge is 0.0535 e. The minimum absolute atomic E-state index is 1.12. The predicted octanol–water partition coefficient (Wildman–Crippen LogP) is 15.9. The van der Waals surface area contributed by atoms with E-state index in [0.29, 0.717) is 0 Å². The Labute approximate surface area is 344 Å². The molecule has 276 valence electrons. The molecule has 0 bridgehead atoms. The van der Waals surface area contributed by atoms with Crippen LogP contribution in [0, 0.1) is 0 Å². The summed E-state index contributed by atoms with van der Waals surface area (Å²) in [4.78, 5) is 0. The fourth-order valence-corrected chi connectivity index (χ4v) is 8.82. The average Bonchev–Trinajstić information content (AvgIpc) is 3.70. The number of fused-ring (bicyclic) bond motifs is 3. The van der Waals surface area contributed by atoms with Crippen molar-refractivity contribution in [3.63, 3.8) is 0 Å². The molecule has 0 atom stereocenters. The van der Waals surface area contributed by atoms with Crippen LogP contribution >= 0.6 is 0 Å². The largest absolute Gasteiger partial charge is 0.316 e. The molecule has 1 heterocycles. The van der Waals surface area contributed by atoms with Crippen LogP contribution in [-0.2, 0) is 0 Å². The molecule has 0 aliphatic heterocycles. The third-order valence-corrected chi connectivity index (χ3v) is 11.8. The molecule has 0 unspecified atom stereocenters. The van der Waals surface area contributed by atoms with Gasteiger partial charge >= 0.3 is 0 Å². The summed E-state index contributed by atoms with van der Waals surface area (Å²) in [7, 11) is 0. The molecule has 11 aromatic rings. The van der Waals surface area contributed by atoms with Crippen LogP contribution in [0.5, 0.6) is 0 Å². The zero-order valence-corrected chi connectivity index (χ0v) is 32.5. The molecule has 0 aliphatic carbocycles. The number of nitrogens with zero attached hydrogens (tertiary/aromatic N) is 1. The summed E-state index contributed by atoms with van der Waals surface area (Å²) in [6, 6.07) is 84.0. The van der Waals surface area contributed by atoms with Crippen LogP contribution in [0.1, 0.15) is 0 Å². The standard InChI is InChI=1S/C58H39N/c1-3-13-40(14-4-1)42-25-29-44(30-26-42)49-35-50(45-31-27-43(28-32-45)41-15-5-2-6-16-41)37-51(36-49)59-39-57(55-24-12-20-47-18-8-10-22-53(47)55)56-38-48(33-34-58(56)59)54-23-11-19-46-17-7-9-21-52(46)54/h1-39H. The second-order valence-corrected chi connectivity index (χ2v) is 15.4. The van der Waals surface area contributed by atoms with Crippen molar-refractivity contribution in [3.8, 4) is 72.4 Å². The number of aromatic nitrogens is 1. The van der Waals surface area contributed by atoms with Gasteiger partial charge in [0.2, 0.25) is 0 Å². The lowest BCUT2D eigenvalue weighted by Crippen LogP contribution is -1.95. The number of rotatable bonds is 7. The van der Waals surface area contributed by atoms with Crippen LogP contribution in [0.2, 0.25) is 0 Å². The first-order chi connectivity index (χ1) is 29.2. The van der Waals surface area contributed by atoms with Gasteiger partial charge in [0.15, 0.2) is 0 Å². The van der Waals surface area contributed by atoms with Gasteiger partial charge in [-0.05, 0) is 113 Å². The molecule has 1 nitrogen and oxygen atoms in total. The first-order valence-electron chi connectivity index (χ1n) is 20.3. The van der Waals surface area contributed by atoms with E-state index in [9.17, 15) is 0 Å². The Morgan fingerprint density at radius 3 is 1.22 bits per heavy atom. The second-order valence-electron chi connectivity index (χ2n) is 15.4. The molecule has 0 saturated carbocycles. The van der Waals surface area contributed by atoms with Gasteiger partial charge in [-0.1, -0.05) is 200 Å². The van der Waals surface area contributed by atoms with E-state index in [0.717, 1.165) is 5.69 Å². The van der Waals surface area contributed by atoms with E-state index in [-0.39, 0.29) is 0 Å². The van der Waals surface area contributed by atoms with Gasteiger partial charge in [-0.25, -0.2) is 0 Å². The van der Waals surface area contributed by atoms with Crippen molar-refractivity contribution in [1.82, 2.24) is 4.57 Å². The Hall–Kier alpha value is -7.74. The van der Waals surface area contributed by atoms with Gasteiger partial charge < -0.3 is 4.57 Å². The highest BCUT2D eigenvalue weighted by Crippen LogP contribution is 2.41. The predicted molar refractivity (Wildman–Crippen MR) is 251 cm³/mol. The van der Waals surface area contributed by atoms with Crippen LogP contribution in [0.4, 0.5) is 0 Å². The van der Waals surface area contributed by atoms with Crippen molar-refractivity contribution in [1.29, 1.82) is 0 Å². The summed E-state index contributed by atoms with van der Waals surface area (Å²) in [5.41, 5.74) is 16.7. The van der Waals surface area contributed by atoms with Gasteiger partial charge in [-0.3, -0.25) is 0 Å². The molecule has 0 aliphatic rings. The number of hydrogen-bond acceptors (Lipinski definition) is 0. The molecule has 1 aromatic heterocycles. The van der Waals surface area contributed by atoms with E-state index >= 15 is 0 Å². The molecule has 59 heavy (non-hydrogen) atoms. The maximum atomic E-state index is 2.41. The van der Waals surface area contributed by atoms with Crippen molar-refractivity contribution >= 4 is 32.4 Å². The topological polar surface area (TPSA) is 4.93 Å². The third kappa shape index (κ3) is 6.40. The number of benzene rings is 10. The Morgan fingerprint density at radius 1 is 0.237 bits per heavy atom. The van der Waals surface area contributed by atoms with E-state index in [4.69, 9.17) is 0 Å². The fraction of sp³-hybridized carbons (Fsp3) is 0. The van der Waals surface area contributed by atoms with E-state index in [2.05, 4.69) is 241 Å². The van der Waals surface area contributed by atoms with Crippen molar-refractivity contribution in [2.45, 2.75) is 0 Å². The van der Waals surface area contributed by atoms with Crippen molar-refractivity contribution in [2.75, 3.05) is 0 Å². The van der Waals surface area contributed by atoms with E-state index < -0.39 is 0 Å². The normalized spacial score (nSPS) is 11.4. The molecule has 0 amide bonds. The van der Waals surface area contributed by atoms with Crippen LogP contribution in [0.3, 0.4) is 0 Å². The minimum atomic E-state index is 1.12. The summed E-state index contributed by atoms with van der Waals surface area (Å²) in [6.07, 6.45) is 2.36. The van der Waals surface area contributed by atoms with E-state index in [1.165, 1.54) is 99.2 Å². The van der Waals surface area contributed by atoms with Crippen molar-refractivity contribution in [2.24, 2.45) is 0 Å². The van der Waals surface area contributed by atoms with Crippen molar-refractivity contribution in [3.05, 3.63) is 237 Å². The molecule has 0 saturated heterocycles. The van der Waals surface area contributed by atoms with Gasteiger partial charge in [0.05, 0.1) is 5.52 Å². The molecule has 0 radical (unpaired) electrons. The van der Waals surface area contributed by atoms with Gasteiger partial charge in [0.1, 0.15) is 0 Å². The van der Waals surface area contributed by atoms with E-state index in [1.807, 2.05) is 0 Å². The van der Waals surface area contributed by atoms with Crippen LogP contribution < -0.4 is 0 Å². The molecular formula is C58H39N. The maximum Gasteiger partial charge on any atom is 0.0535 e. The first-order valence-corrected chi connectivity index (χ1v) is 20.3. The van der Waals surface area contributed by atoms with Gasteiger partial charge in [0.25, 0.3) is 0 Å². The zero-order chi connectivity index (χ0) is 39.1. The monoisotopic (exact) mass is 749 g/mol. The summed E-state index contributed by atoms with van der Waals surface area (Å²) < 4.78 is 2.41. The molecule has 1 heteroatoms. The second kappa shape index (κ2) is 14.6. The summed E-state index contributed by atoms with van der Waals surface area (Å²) in [5, 5.41) is 6.21. The Bertz CT molecular complexity index is 3170. The van der Waals surface area contributed by atoms with Crippen LogP contribution in [-0.4, -0.2) is 4.57 Å². The molecule has 11 rings (SSSR count). The summed E-state index contributed by atoms with van der Waals surface area (Å²) >= 11 is 0. The first kappa shape index (κ1) is 34.5. The molecule has 0 N–H and O–H groups in total.